The van der Waals surface area contributed by atoms with Crippen molar-refractivity contribution in [3.8, 4) is 0 Å². The van der Waals surface area contributed by atoms with Crippen molar-refractivity contribution in [1.29, 1.82) is 0 Å². The minimum Gasteiger partial charge on any atom is -0.365 e. The normalized spacial score (nSPS) is 24.5. The molecule has 0 atom stereocenters. The molecule has 2 rings (SSSR count). The van der Waals surface area contributed by atoms with Crippen LogP contribution >= 0.6 is 0 Å². The molecule has 0 radical (unpaired) electrons. The number of hydrogen-bond acceptors (Lipinski definition) is 9. The van der Waals surface area contributed by atoms with Crippen LogP contribution in [0.25, 0.3) is 0 Å². The van der Waals surface area contributed by atoms with Crippen LogP contribution < -0.4 is 5.73 Å². The average molecular weight is 267 g/mol. The molecule has 0 bridgehead atoms. The van der Waals surface area contributed by atoms with Gasteiger partial charge < -0.3 is 15.2 Å². The molecule has 1 fully saturated rings. The summed E-state index contributed by atoms with van der Waals surface area (Å²) in [5.41, 5.74) is 5.39. The van der Waals surface area contributed by atoms with Gasteiger partial charge in [-0.05, 0) is 11.6 Å². The molecule has 17 heavy (non-hydrogen) atoms. The smallest absolute Gasteiger partial charge is 0.365 e. The summed E-state index contributed by atoms with van der Waals surface area (Å²) in [6, 6.07) is 0. The Balaban J connectivity index is 1.78. The molecule has 9 nitrogen and oxygen atoms in total. The third-order valence-corrected chi connectivity index (χ3v) is 2.77. The van der Waals surface area contributed by atoms with Gasteiger partial charge in [-0.2, -0.15) is 13.5 Å². The molecular formula is C7H13N3O6S. The third kappa shape index (κ3) is 3.43. The van der Waals surface area contributed by atoms with E-state index in [2.05, 4.69) is 13.7 Å². The lowest BCUT2D eigenvalue weighted by Gasteiger charge is -2.23. The van der Waals surface area contributed by atoms with Crippen molar-refractivity contribution < 1.29 is 26.5 Å². The van der Waals surface area contributed by atoms with E-state index in [0.717, 1.165) is 5.06 Å². The highest BCUT2D eigenvalue weighted by atomic mass is 32.3. The molecule has 2 heterocycles. The van der Waals surface area contributed by atoms with Crippen molar-refractivity contribution in [2.24, 2.45) is 10.9 Å². The molecule has 10 heteroatoms. The van der Waals surface area contributed by atoms with Crippen LogP contribution in [-0.4, -0.2) is 45.5 Å². The van der Waals surface area contributed by atoms with Crippen molar-refractivity contribution in [2.45, 2.75) is 19.1 Å². The maximum absolute atomic E-state index is 10.9. The molecule has 0 unspecified atom stereocenters. The maximum Gasteiger partial charge on any atom is 0.491 e. The lowest BCUT2D eigenvalue weighted by atomic mass is 10.3. The predicted octanol–water partition coefficient (Wildman–Crippen LogP) is -1.12. The first-order valence-electron chi connectivity index (χ1n) is 5.04. The summed E-state index contributed by atoms with van der Waals surface area (Å²) in [6.07, 6.45) is 0.954. The van der Waals surface area contributed by atoms with Crippen LogP contribution in [0.4, 0.5) is 0 Å². The lowest BCUT2D eigenvalue weighted by Crippen LogP contribution is -2.43. The van der Waals surface area contributed by atoms with Gasteiger partial charge in [-0.1, -0.05) is 0 Å². The molecule has 0 aromatic heterocycles. The Morgan fingerprint density at radius 1 is 1.41 bits per heavy atom. The molecule has 2 aliphatic heterocycles. The fraction of sp³-hybridized carbons (Fsp3) is 0.857. The lowest BCUT2D eigenvalue weighted by molar-refractivity contribution is -0.0570. The summed E-state index contributed by atoms with van der Waals surface area (Å²) in [4.78, 5) is 0. The molecule has 0 aromatic rings. The number of hydroxylamine groups is 2. The van der Waals surface area contributed by atoms with E-state index >= 15 is 0 Å². The second kappa shape index (κ2) is 5.04. The van der Waals surface area contributed by atoms with Gasteiger partial charge in [0.1, 0.15) is 0 Å². The SMILES string of the molecule is NC1=NOS(=O)(=O)ON1CCCC1OCCO1. The molecule has 2 N–H and O–H groups in total. The molecular weight excluding hydrogens is 254 g/mol. The summed E-state index contributed by atoms with van der Waals surface area (Å²) < 4.78 is 40.8. The van der Waals surface area contributed by atoms with Gasteiger partial charge in [0.15, 0.2) is 6.29 Å². The van der Waals surface area contributed by atoms with E-state index in [1.165, 1.54) is 0 Å². The van der Waals surface area contributed by atoms with Gasteiger partial charge in [-0.25, -0.2) is 4.28 Å². The van der Waals surface area contributed by atoms with Crippen molar-refractivity contribution in [2.75, 3.05) is 19.8 Å². The zero-order valence-corrected chi connectivity index (χ0v) is 9.76. The van der Waals surface area contributed by atoms with Crippen molar-refractivity contribution in [3.05, 3.63) is 0 Å². The van der Waals surface area contributed by atoms with E-state index in [1.54, 1.807) is 0 Å². The molecule has 0 amide bonds. The summed E-state index contributed by atoms with van der Waals surface area (Å²) in [5.74, 6) is -0.145. The number of nitrogens with zero attached hydrogens (tertiary/aromatic N) is 2. The van der Waals surface area contributed by atoms with Gasteiger partial charge in [0.05, 0.1) is 19.8 Å². The fourth-order valence-corrected chi connectivity index (χ4v) is 1.98. The highest BCUT2D eigenvalue weighted by molar-refractivity contribution is 7.81. The van der Waals surface area contributed by atoms with Crippen molar-refractivity contribution in [3.63, 3.8) is 0 Å². The highest BCUT2D eigenvalue weighted by Gasteiger charge is 2.27. The van der Waals surface area contributed by atoms with Crippen LogP contribution in [-0.2, 0) is 28.4 Å². The second-order valence-corrected chi connectivity index (χ2v) is 4.54. The van der Waals surface area contributed by atoms with E-state index in [-0.39, 0.29) is 18.8 Å². The minimum absolute atomic E-state index is 0.145. The summed E-state index contributed by atoms with van der Waals surface area (Å²) in [6.45, 7) is 1.41. The Bertz CT molecular complexity index is 390. The number of rotatable bonds is 4. The standard InChI is InChI=1S/C7H13N3O6S/c8-7-9-15-17(11,12)16-10(7)3-1-2-6-13-4-5-14-6/h6H,1-5H2,(H2,8,9). The van der Waals surface area contributed by atoms with Crippen LogP contribution in [0.1, 0.15) is 12.8 Å². The second-order valence-electron chi connectivity index (χ2n) is 3.42. The summed E-state index contributed by atoms with van der Waals surface area (Å²) in [5, 5.41) is 4.11. The van der Waals surface area contributed by atoms with Crippen molar-refractivity contribution >= 4 is 16.4 Å². The number of guanidine groups is 1. The summed E-state index contributed by atoms with van der Waals surface area (Å²) >= 11 is 0. The van der Waals surface area contributed by atoms with Crippen LogP contribution in [0.3, 0.4) is 0 Å². The largest absolute Gasteiger partial charge is 0.491 e. The number of ether oxygens (including phenoxy) is 2. The van der Waals surface area contributed by atoms with E-state index in [4.69, 9.17) is 15.2 Å². The van der Waals surface area contributed by atoms with E-state index in [9.17, 15) is 8.42 Å². The number of hydrogen-bond donors (Lipinski definition) is 1. The van der Waals surface area contributed by atoms with Crippen LogP contribution in [0.5, 0.6) is 0 Å². The van der Waals surface area contributed by atoms with Crippen LogP contribution in [0.15, 0.2) is 5.16 Å². The quantitative estimate of drug-likeness (QED) is 0.681. The Kier molecular flexibility index (Phi) is 3.66. The van der Waals surface area contributed by atoms with Gasteiger partial charge in [0.2, 0.25) is 0 Å². The van der Waals surface area contributed by atoms with Crippen molar-refractivity contribution in [1.82, 2.24) is 5.06 Å². The van der Waals surface area contributed by atoms with Crippen LogP contribution in [0.2, 0.25) is 0 Å². The first kappa shape index (κ1) is 12.4. The first-order chi connectivity index (χ1) is 8.07. The number of oxime groups is 1. The Labute approximate surface area is 98.3 Å². The summed E-state index contributed by atoms with van der Waals surface area (Å²) in [7, 11) is -4.12. The molecule has 1 saturated heterocycles. The van der Waals surface area contributed by atoms with E-state index in [0.29, 0.717) is 26.1 Å². The molecule has 98 valence electrons. The monoisotopic (exact) mass is 267 g/mol. The van der Waals surface area contributed by atoms with Gasteiger partial charge in [0, 0.05) is 6.42 Å². The zero-order chi connectivity index (χ0) is 12.3. The van der Waals surface area contributed by atoms with E-state index in [1.807, 2.05) is 0 Å². The first-order valence-corrected chi connectivity index (χ1v) is 6.37. The maximum atomic E-state index is 10.9. The zero-order valence-electron chi connectivity index (χ0n) is 8.94. The Morgan fingerprint density at radius 3 is 2.82 bits per heavy atom. The molecule has 0 saturated carbocycles. The van der Waals surface area contributed by atoms with E-state index < -0.39 is 10.4 Å². The predicted molar refractivity (Wildman–Crippen MR) is 54.3 cm³/mol. The topological polar surface area (TPSA) is 113 Å². The van der Waals surface area contributed by atoms with Gasteiger partial charge in [0.25, 0.3) is 5.96 Å². The molecule has 0 aromatic carbocycles. The van der Waals surface area contributed by atoms with Gasteiger partial charge >= 0.3 is 10.4 Å². The van der Waals surface area contributed by atoms with Gasteiger partial charge in [-0.15, -0.1) is 4.28 Å². The molecule has 0 aliphatic carbocycles. The Hall–Kier alpha value is -1.10. The minimum atomic E-state index is -4.12. The van der Waals surface area contributed by atoms with Gasteiger partial charge in [-0.3, -0.25) is 0 Å². The molecule has 2 aliphatic rings. The molecule has 0 spiro atoms. The highest BCUT2D eigenvalue weighted by Crippen LogP contribution is 2.13. The fourth-order valence-electron chi connectivity index (χ4n) is 1.42. The Morgan fingerprint density at radius 2 is 2.12 bits per heavy atom. The van der Waals surface area contributed by atoms with Crippen LogP contribution in [0, 0.1) is 0 Å². The number of nitrogens with two attached hydrogens (primary N) is 1. The third-order valence-electron chi connectivity index (χ3n) is 2.15. The average Bonchev–Trinajstić information content (AvgIpc) is 2.76.